The van der Waals surface area contributed by atoms with E-state index in [0.717, 1.165) is 57.1 Å². The molecule has 4 aliphatic rings. The van der Waals surface area contributed by atoms with Crippen molar-refractivity contribution in [1.82, 2.24) is 60.9 Å². The number of nitro benzene ring substituents is 2. The van der Waals surface area contributed by atoms with E-state index in [2.05, 4.69) is 42.5 Å². The number of benzene rings is 4. The predicted molar refractivity (Wildman–Crippen MR) is 401 cm³/mol. The molecule has 10 atom stereocenters. The van der Waals surface area contributed by atoms with Crippen LogP contribution in [0.25, 0.3) is 0 Å². The van der Waals surface area contributed by atoms with Gasteiger partial charge in [0.2, 0.25) is 79.1 Å². The van der Waals surface area contributed by atoms with Gasteiger partial charge in [0, 0.05) is 76.4 Å². The summed E-state index contributed by atoms with van der Waals surface area (Å²) in [5.41, 5.74) is 0.294. The quantitative estimate of drug-likeness (QED) is 0.0582. The Kier molecular flexibility index (Phi) is 30.0. The van der Waals surface area contributed by atoms with Crippen LogP contribution in [0.2, 0.25) is 0 Å². The highest BCUT2D eigenvalue weighted by molar-refractivity contribution is 7.89. The second-order valence-electron chi connectivity index (χ2n) is 29.8. The van der Waals surface area contributed by atoms with E-state index in [1.54, 1.807) is 116 Å². The molecule has 4 aromatic carbocycles. The van der Waals surface area contributed by atoms with Crippen molar-refractivity contribution in [1.29, 1.82) is 0 Å². The molecule has 8 N–H and O–H groups in total. The van der Waals surface area contributed by atoms with Crippen LogP contribution in [0.3, 0.4) is 0 Å². The number of amides is 10. The molecule has 4 fully saturated rings. The van der Waals surface area contributed by atoms with Crippen LogP contribution in [0.15, 0.2) is 119 Å². The van der Waals surface area contributed by atoms with Crippen molar-refractivity contribution < 1.29 is 74.6 Å². The van der Waals surface area contributed by atoms with Gasteiger partial charge in [0.05, 0.1) is 19.6 Å². The standard InChI is InChI=1S/C75H102N14O18S2/c1-46(2)42-58-68(92)80-60(44-50-20-11-9-12-21-50)74(98)86-40-17-26-62(86)70(94)83-65(49(7)8)73(97)77-57-25-16-37-85(109(106,107)55-34-30-53(31-35-55)89(102)103)39-19-38-84(108(104,105)54-32-28-52(29-33-54)88(100)101)36-15-24-56(66(90)78-58)76-72(96)64(48(5)6)82-71(95)63-27-18-41-87(63)75(99)61(45-51-22-13-10-14-23-51)81-69(93)59(43-47(3)4)79-67(57)91/h9-14,20-23,28-35,46-49,56-65H,15-19,24-27,36-45H2,1-8H3,(H,76,96)(H,77,97)(H,78,90)(H,79,91)(H,80,92)(H,81,93)(H,82,95)(H,83,94). The number of nitrogens with zero attached hydrogens (tertiary/aromatic N) is 6. The van der Waals surface area contributed by atoms with Crippen LogP contribution in [0.5, 0.6) is 0 Å². The smallest absolute Gasteiger partial charge is 0.269 e. The van der Waals surface area contributed by atoms with Gasteiger partial charge < -0.3 is 52.3 Å². The zero-order valence-corrected chi connectivity index (χ0v) is 64.4. The van der Waals surface area contributed by atoms with Crippen LogP contribution < -0.4 is 42.5 Å². The summed E-state index contributed by atoms with van der Waals surface area (Å²) in [6.07, 6.45) is -1.25. The zero-order valence-electron chi connectivity index (χ0n) is 62.8. The summed E-state index contributed by atoms with van der Waals surface area (Å²) in [4.78, 5) is 176. The van der Waals surface area contributed by atoms with Gasteiger partial charge in [0.1, 0.15) is 60.4 Å². The maximum atomic E-state index is 15.4. The lowest BCUT2D eigenvalue weighted by Crippen LogP contribution is -2.62. The molecule has 0 radical (unpaired) electrons. The van der Waals surface area contributed by atoms with Gasteiger partial charge in [-0.05, 0) is 130 Å². The molecule has 4 saturated heterocycles. The van der Waals surface area contributed by atoms with Crippen LogP contribution in [0.4, 0.5) is 11.4 Å². The Hall–Kier alpha value is -9.80. The average molecular weight is 1550 g/mol. The fraction of sp³-hybridized carbons (Fsp3) is 0.547. The molecule has 4 aliphatic heterocycles. The van der Waals surface area contributed by atoms with Crippen LogP contribution in [-0.2, 0) is 80.8 Å². The first kappa shape index (κ1) is 84.8. The summed E-state index contributed by atoms with van der Waals surface area (Å²) in [5, 5.41) is 46.1. The van der Waals surface area contributed by atoms with E-state index in [9.17, 15) is 29.8 Å². The lowest BCUT2D eigenvalue weighted by atomic mass is 9.98. The van der Waals surface area contributed by atoms with Crippen LogP contribution in [0, 0.1) is 43.9 Å². The van der Waals surface area contributed by atoms with Crippen molar-refractivity contribution in [2.75, 3.05) is 39.3 Å². The monoisotopic (exact) mass is 1550 g/mol. The molecular weight excluding hydrogens is 1450 g/mol. The molecule has 0 saturated carbocycles. The molecular formula is C75H102N14O18S2. The summed E-state index contributed by atoms with van der Waals surface area (Å²) in [6.45, 7) is 11.6. The van der Waals surface area contributed by atoms with E-state index >= 15 is 55.2 Å². The number of hydrogen-bond donors (Lipinski definition) is 8. The van der Waals surface area contributed by atoms with Gasteiger partial charge in [-0.15, -0.1) is 0 Å². The van der Waals surface area contributed by atoms with Crippen molar-refractivity contribution in [3.05, 3.63) is 141 Å². The molecule has 8 rings (SSSR count). The highest BCUT2D eigenvalue weighted by atomic mass is 32.2. The lowest BCUT2D eigenvalue weighted by molar-refractivity contribution is -0.385. The minimum atomic E-state index is -4.74. The van der Waals surface area contributed by atoms with Crippen LogP contribution >= 0.6 is 0 Å². The minimum absolute atomic E-state index is 0.0267. The Morgan fingerprint density at radius 3 is 1.02 bits per heavy atom. The van der Waals surface area contributed by atoms with Gasteiger partial charge in [-0.25, -0.2) is 16.8 Å². The molecule has 32 nitrogen and oxygen atoms in total. The van der Waals surface area contributed by atoms with Crippen LogP contribution in [0.1, 0.15) is 137 Å². The molecule has 34 heteroatoms. The number of non-ortho nitro benzene ring substituents is 2. The molecule has 10 amide bonds. The third-order valence-electron chi connectivity index (χ3n) is 19.9. The molecule has 2 bridgehead atoms. The Morgan fingerprint density at radius 2 is 0.697 bits per heavy atom. The number of nitro groups is 2. The first-order valence-electron chi connectivity index (χ1n) is 37.3. The van der Waals surface area contributed by atoms with Gasteiger partial charge in [0.15, 0.2) is 0 Å². The van der Waals surface area contributed by atoms with Crippen molar-refractivity contribution in [2.45, 2.75) is 209 Å². The summed E-state index contributed by atoms with van der Waals surface area (Å²) in [6, 6.07) is 10.9. The Morgan fingerprint density at radius 1 is 0.376 bits per heavy atom. The fourth-order valence-corrected chi connectivity index (χ4v) is 17.1. The van der Waals surface area contributed by atoms with E-state index < -0.39 is 221 Å². The first-order valence-corrected chi connectivity index (χ1v) is 40.1. The molecule has 592 valence electrons. The molecule has 109 heavy (non-hydrogen) atoms. The normalized spacial score (nSPS) is 24.8. The topological polar surface area (TPSA) is 434 Å². The van der Waals surface area contributed by atoms with Crippen molar-refractivity contribution in [2.24, 2.45) is 23.7 Å². The first-order chi connectivity index (χ1) is 51.6. The summed E-state index contributed by atoms with van der Waals surface area (Å²) >= 11 is 0. The van der Waals surface area contributed by atoms with Gasteiger partial charge >= 0.3 is 0 Å². The number of rotatable bonds is 16. The fourth-order valence-electron chi connectivity index (χ4n) is 14.1. The van der Waals surface area contributed by atoms with Gasteiger partial charge in [0.25, 0.3) is 11.4 Å². The van der Waals surface area contributed by atoms with Crippen LogP contribution in [-0.4, -0.2) is 204 Å². The number of carbonyl (C=O) groups is 10. The van der Waals surface area contributed by atoms with Gasteiger partial charge in [-0.3, -0.25) is 68.2 Å². The van der Waals surface area contributed by atoms with Crippen molar-refractivity contribution in [3.8, 4) is 0 Å². The Bertz CT molecular complexity index is 3890. The molecule has 4 heterocycles. The van der Waals surface area contributed by atoms with E-state index in [0.29, 0.717) is 24.0 Å². The third-order valence-corrected chi connectivity index (χ3v) is 23.7. The number of sulfonamides is 2. The minimum Gasteiger partial charge on any atom is -0.343 e. The van der Waals surface area contributed by atoms with E-state index in [-0.39, 0.29) is 82.7 Å². The lowest BCUT2D eigenvalue weighted by Gasteiger charge is -2.33. The molecule has 4 aromatic rings. The maximum absolute atomic E-state index is 15.4. The SMILES string of the molecule is CC(C)CC1NC(=O)C2CCCN(S(=O)(=O)c3ccc([N+](=O)[O-])cc3)CCCN(S(=O)(=O)c3ccc([N+](=O)[O-])cc3)CCCC(NC(=O)C(C(C)C)NC(=O)C3CCCN3C(=O)C(Cc3ccccc3)NC1=O)C(=O)NC(CC(C)C)C(=O)NC(Cc1ccccc1)C(=O)N1CCCC1C(=O)NC(C(C)C)C(=O)N2. The summed E-state index contributed by atoms with van der Waals surface area (Å²) < 4.78 is 62.1. The highest BCUT2D eigenvalue weighted by Crippen LogP contribution is 2.28. The highest BCUT2D eigenvalue weighted by Gasteiger charge is 2.44. The molecule has 0 aliphatic carbocycles. The van der Waals surface area contributed by atoms with Gasteiger partial charge in [-0.2, -0.15) is 8.61 Å². The van der Waals surface area contributed by atoms with E-state index in [4.69, 9.17) is 0 Å². The predicted octanol–water partition coefficient (Wildman–Crippen LogP) is 3.91. The third kappa shape index (κ3) is 22.7. The zero-order chi connectivity index (χ0) is 79.6. The van der Waals surface area contributed by atoms with Crippen molar-refractivity contribution in [3.63, 3.8) is 0 Å². The number of hydrogen-bond acceptors (Lipinski definition) is 18. The molecule has 0 spiro atoms. The second kappa shape index (κ2) is 38.5. The second-order valence-corrected chi connectivity index (χ2v) is 33.7. The van der Waals surface area contributed by atoms with E-state index in [1.165, 1.54) is 9.80 Å². The van der Waals surface area contributed by atoms with E-state index in [1.807, 2.05) is 0 Å². The Labute approximate surface area is 635 Å². The van der Waals surface area contributed by atoms with Gasteiger partial charge in [-0.1, -0.05) is 116 Å². The number of fused-ring (bicyclic) bond motifs is 14. The molecule has 10 unspecified atom stereocenters. The number of carbonyl (C=O) groups excluding carboxylic acids is 10. The number of nitrogens with one attached hydrogen (secondary N) is 8. The largest absolute Gasteiger partial charge is 0.343 e. The summed E-state index contributed by atoms with van der Waals surface area (Å²) in [5.74, 6) is -10.5. The average Bonchev–Trinajstić information content (AvgIpc) is 1.79. The summed E-state index contributed by atoms with van der Waals surface area (Å²) in [7, 11) is -9.49. The molecule has 0 aromatic heterocycles. The maximum Gasteiger partial charge on any atom is 0.269 e. The Balaban J connectivity index is 1.33. The van der Waals surface area contributed by atoms with Crippen molar-refractivity contribution >= 4 is 90.5 Å².